The lowest BCUT2D eigenvalue weighted by atomic mass is 9.76. The number of piperidine rings is 1. The third-order valence-corrected chi connectivity index (χ3v) is 7.57. The number of hydrogen-bond donors (Lipinski definition) is 1. The summed E-state index contributed by atoms with van der Waals surface area (Å²) < 4.78 is 100. The quantitative estimate of drug-likeness (QED) is 0.436. The van der Waals surface area contributed by atoms with Gasteiger partial charge >= 0.3 is 12.4 Å². The molecule has 11 heteroatoms. The normalized spacial score (nSPS) is 25.4. The van der Waals surface area contributed by atoms with E-state index in [-0.39, 0.29) is 36.4 Å². The average Bonchev–Trinajstić information content (AvgIpc) is 3.16. The molecule has 5 atom stereocenters. The van der Waals surface area contributed by atoms with E-state index in [4.69, 9.17) is 4.74 Å². The van der Waals surface area contributed by atoms with E-state index >= 15 is 0 Å². The molecule has 0 bridgehead atoms. The number of hydrogen-bond acceptors (Lipinski definition) is 3. The minimum Gasteiger partial charge on any atom is -0.390 e. The van der Waals surface area contributed by atoms with Crippen molar-refractivity contribution in [2.75, 3.05) is 6.54 Å². The lowest BCUT2D eigenvalue weighted by Gasteiger charge is -2.41. The molecular weight excluding hydrogens is 519 g/mol. The van der Waals surface area contributed by atoms with Gasteiger partial charge in [-0.05, 0) is 74.6 Å². The first-order valence-electron chi connectivity index (χ1n) is 12.2. The summed E-state index contributed by atoms with van der Waals surface area (Å²) in [5.74, 6) is -1.65. The molecule has 4 nitrogen and oxygen atoms in total. The third-order valence-electron chi connectivity index (χ3n) is 7.57. The highest BCUT2D eigenvalue weighted by molar-refractivity contribution is 5.78. The van der Waals surface area contributed by atoms with Gasteiger partial charge in [0.15, 0.2) is 0 Å². The molecule has 38 heavy (non-hydrogen) atoms. The van der Waals surface area contributed by atoms with Gasteiger partial charge in [-0.3, -0.25) is 4.79 Å². The van der Waals surface area contributed by atoms with Crippen LogP contribution in [0, 0.1) is 11.7 Å². The summed E-state index contributed by atoms with van der Waals surface area (Å²) in [6.45, 7) is 4.62. The number of fused-ring (bicyclic) bond motifs is 1. The number of aliphatic hydroxyl groups is 1. The van der Waals surface area contributed by atoms with Crippen molar-refractivity contribution in [3.8, 4) is 0 Å². The molecule has 2 aliphatic heterocycles. The van der Waals surface area contributed by atoms with E-state index in [1.807, 2.05) is 0 Å². The van der Waals surface area contributed by atoms with Gasteiger partial charge in [-0.2, -0.15) is 26.3 Å². The number of rotatable bonds is 5. The zero-order valence-electron chi connectivity index (χ0n) is 20.9. The molecule has 1 amide bonds. The van der Waals surface area contributed by atoms with E-state index in [0.717, 1.165) is 0 Å². The molecule has 1 N–H and O–H groups in total. The van der Waals surface area contributed by atoms with Crippen LogP contribution in [0.25, 0.3) is 0 Å². The van der Waals surface area contributed by atoms with Gasteiger partial charge in [0.1, 0.15) is 5.82 Å². The average molecular weight is 548 g/mol. The summed E-state index contributed by atoms with van der Waals surface area (Å²) >= 11 is 0. The molecule has 4 rings (SSSR count). The van der Waals surface area contributed by atoms with Crippen molar-refractivity contribution in [2.24, 2.45) is 5.92 Å². The first-order valence-corrected chi connectivity index (χ1v) is 12.2. The number of amides is 1. The first-order chi connectivity index (χ1) is 17.4. The van der Waals surface area contributed by atoms with Gasteiger partial charge in [-0.1, -0.05) is 12.1 Å². The Morgan fingerprint density at radius 1 is 0.974 bits per heavy atom. The van der Waals surface area contributed by atoms with Gasteiger partial charge in [0.25, 0.3) is 0 Å². The van der Waals surface area contributed by atoms with E-state index in [9.17, 15) is 40.6 Å². The Hall–Kier alpha value is -2.66. The SMILES string of the molecule is C[C@@H](O[C@H]1CN2C(=O)CC(C(C)(C)O)CC2C1c1ccc(F)cc1)c1cc(C(F)(F)F)cc(C(F)(F)F)c1. The van der Waals surface area contributed by atoms with Crippen molar-refractivity contribution in [3.63, 3.8) is 0 Å². The van der Waals surface area contributed by atoms with Crippen LogP contribution in [0.15, 0.2) is 42.5 Å². The van der Waals surface area contributed by atoms with E-state index in [1.54, 1.807) is 18.7 Å². The highest BCUT2D eigenvalue weighted by Crippen LogP contribution is 2.46. The largest absolute Gasteiger partial charge is 0.416 e. The second kappa shape index (κ2) is 9.82. The Balaban J connectivity index is 1.70. The molecule has 0 spiro atoms. The van der Waals surface area contributed by atoms with Gasteiger partial charge in [-0.25, -0.2) is 4.39 Å². The molecule has 0 aromatic heterocycles. The van der Waals surface area contributed by atoms with Gasteiger partial charge in [0.05, 0.1) is 28.9 Å². The molecule has 0 saturated carbocycles. The van der Waals surface area contributed by atoms with Crippen molar-refractivity contribution >= 4 is 5.91 Å². The Kier molecular flexibility index (Phi) is 7.33. The zero-order chi connectivity index (χ0) is 28.2. The molecule has 2 saturated heterocycles. The topological polar surface area (TPSA) is 49.8 Å². The van der Waals surface area contributed by atoms with Crippen LogP contribution in [-0.4, -0.2) is 40.2 Å². The molecule has 2 fully saturated rings. The molecule has 0 aliphatic carbocycles. The maximum absolute atomic E-state index is 13.7. The molecule has 2 aliphatic rings. The summed E-state index contributed by atoms with van der Waals surface area (Å²) in [5, 5.41) is 10.6. The van der Waals surface area contributed by atoms with E-state index in [2.05, 4.69) is 0 Å². The van der Waals surface area contributed by atoms with Crippen molar-refractivity contribution in [3.05, 3.63) is 70.5 Å². The van der Waals surface area contributed by atoms with Gasteiger partial charge < -0.3 is 14.7 Å². The second-order valence-corrected chi connectivity index (χ2v) is 10.6. The van der Waals surface area contributed by atoms with Crippen molar-refractivity contribution in [2.45, 2.75) is 75.7 Å². The summed E-state index contributed by atoms with van der Waals surface area (Å²) in [6.07, 6.45) is -11.5. The molecule has 3 unspecified atom stereocenters. The van der Waals surface area contributed by atoms with Crippen LogP contribution >= 0.6 is 0 Å². The van der Waals surface area contributed by atoms with E-state index in [0.29, 0.717) is 24.1 Å². The standard InChI is InChI=1S/C27H28F7NO3/c1-14(16-8-18(26(29,30)31)10-19(9-16)27(32,33)34)38-22-13-35-21(11-17(12-23(35)36)25(2,3)37)24(22)15-4-6-20(28)7-5-15/h4-10,14,17,21-22,24,37H,11-13H2,1-3H3/t14-,17?,21?,22+,24?/m1/s1. The Morgan fingerprint density at radius 2 is 1.53 bits per heavy atom. The molecular formula is C27H28F7NO3. The predicted octanol–water partition coefficient (Wildman–Crippen LogP) is 6.49. The van der Waals surface area contributed by atoms with Crippen molar-refractivity contribution < 1.29 is 45.4 Å². The Morgan fingerprint density at radius 3 is 2.03 bits per heavy atom. The lowest BCUT2D eigenvalue weighted by Crippen LogP contribution is -2.49. The summed E-state index contributed by atoms with van der Waals surface area (Å²) in [5.41, 5.74) is -3.75. The molecule has 208 valence electrons. The van der Waals surface area contributed by atoms with Crippen LogP contribution in [0.1, 0.15) is 67.9 Å². The zero-order valence-corrected chi connectivity index (χ0v) is 20.9. The fourth-order valence-electron chi connectivity index (χ4n) is 5.49. The fraction of sp³-hybridized carbons (Fsp3) is 0.519. The van der Waals surface area contributed by atoms with Gasteiger partial charge in [0.2, 0.25) is 5.91 Å². The highest BCUT2D eigenvalue weighted by atomic mass is 19.4. The summed E-state index contributed by atoms with van der Waals surface area (Å²) in [4.78, 5) is 14.6. The van der Waals surface area contributed by atoms with E-state index in [1.165, 1.54) is 31.2 Å². The van der Waals surface area contributed by atoms with Crippen molar-refractivity contribution in [1.82, 2.24) is 4.90 Å². The minimum atomic E-state index is -5.00. The Labute approximate surface area is 215 Å². The number of carbonyl (C=O) groups excluding carboxylic acids is 1. The fourth-order valence-corrected chi connectivity index (χ4v) is 5.49. The highest BCUT2D eigenvalue weighted by Gasteiger charge is 2.51. The van der Waals surface area contributed by atoms with Crippen LogP contribution in [0.4, 0.5) is 30.7 Å². The molecule has 2 aromatic carbocycles. The summed E-state index contributed by atoms with van der Waals surface area (Å²) in [7, 11) is 0. The maximum Gasteiger partial charge on any atom is 0.416 e. The number of nitrogens with zero attached hydrogens (tertiary/aromatic N) is 1. The maximum atomic E-state index is 13.7. The van der Waals surface area contributed by atoms with Crippen LogP contribution in [-0.2, 0) is 21.9 Å². The monoisotopic (exact) mass is 547 g/mol. The van der Waals surface area contributed by atoms with E-state index < -0.39 is 59.1 Å². The number of carbonyl (C=O) groups is 1. The molecule has 2 heterocycles. The van der Waals surface area contributed by atoms with Gasteiger partial charge in [-0.15, -0.1) is 0 Å². The van der Waals surface area contributed by atoms with Crippen LogP contribution in [0.5, 0.6) is 0 Å². The van der Waals surface area contributed by atoms with Crippen LogP contribution in [0.3, 0.4) is 0 Å². The smallest absolute Gasteiger partial charge is 0.390 e. The van der Waals surface area contributed by atoms with Crippen LogP contribution < -0.4 is 0 Å². The predicted molar refractivity (Wildman–Crippen MR) is 123 cm³/mol. The molecule has 2 aromatic rings. The third kappa shape index (κ3) is 5.83. The summed E-state index contributed by atoms with van der Waals surface area (Å²) in [6, 6.07) is 6.38. The Bertz CT molecular complexity index is 1140. The minimum absolute atomic E-state index is 0.0551. The van der Waals surface area contributed by atoms with Gasteiger partial charge in [0, 0.05) is 24.9 Å². The number of halogens is 7. The van der Waals surface area contributed by atoms with Crippen LogP contribution in [0.2, 0.25) is 0 Å². The second-order valence-electron chi connectivity index (χ2n) is 10.6. The van der Waals surface area contributed by atoms with Crippen molar-refractivity contribution in [1.29, 1.82) is 0 Å². The lowest BCUT2D eigenvalue weighted by molar-refractivity contribution is -0.144. The number of alkyl halides is 6. The number of ether oxygens (including phenoxy) is 1. The number of benzene rings is 2. The molecule has 0 radical (unpaired) electrons. The first kappa shape index (κ1) is 28.4.